The minimum atomic E-state index is -3.69. The lowest BCUT2D eigenvalue weighted by atomic mass is 9.93. The number of rotatable bonds is 10. The lowest BCUT2D eigenvalue weighted by Gasteiger charge is -2.35. The fourth-order valence-electron chi connectivity index (χ4n) is 5.34. The topological polar surface area (TPSA) is 140 Å². The number of anilines is 4. The molecule has 11 heteroatoms. The van der Waals surface area contributed by atoms with Crippen LogP contribution in [-0.2, 0) is 16.4 Å². The number of carbonyl (C=O) groups is 1. The van der Waals surface area contributed by atoms with E-state index in [0.29, 0.717) is 46.8 Å². The average Bonchev–Trinajstić information content (AvgIpc) is 3.45. The first-order valence-corrected chi connectivity index (χ1v) is 15.2. The van der Waals surface area contributed by atoms with E-state index in [0.717, 1.165) is 37.2 Å². The van der Waals surface area contributed by atoms with Crippen molar-refractivity contribution >= 4 is 38.7 Å². The van der Waals surface area contributed by atoms with E-state index in [9.17, 15) is 18.3 Å². The Bertz CT molecular complexity index is 1350. The molecule has 0 radical (unpaired) electrons. The number of piperidine rings is 1. The van der Waals surface area contributed by atoms with Gasteiger partial charge in [-0.25, -0.2) is 8.42 Å². The molecule has 2 aromatic carbocycles. The molecule has 1 saturated carbocycles. The highest BCUT2D eigenvalue weighted by atomic mass is 32.2. The van der Waals surface area contributed by atoms with Gasteiger partial charge in [0, 0.05) is 30.6 Å². The van der Waals surface area contributed by atoms with Crippen LogP contribution in [0.4, 0.5) is 22.7 Å². The Morgan fingerprint density at radius 1 is 1.08 bits per heavy atom. The second-order valence-corrected chi connectivity index (χ2v) is 13.4. The van der Waals surface area contributed by atoms with E-state index in [1.165, 1.54) is 12.8 Å². The molecule has 2 heterocycles. The number of hydrogen-bond acceptors (Lipinski definition) is 8. The third kappa shape index (κ3) is 6.26. The molecule has 5 rings (SSSR count). The maximum absolute atomic E-state index is 13.6. The summed E-state index contributed by atoms with van der Waals surface area (Å²) in [6.07, 6.45) is 5.35. The third-order valence-electron chi connectivity index (χ3n) is 7.92. The number of amides is 1. The Labute approximate surface area is 229 Å². The predicted molar refractivity (Wildman–Crippen MR) is 152 cm³/mol. The average molecular weight is 559 g/mol. The number of benzene rings is 2. The largest absolute Gasteiger partial charge is 0.491 e. The second-order valence-electron chi connectivity index (χ2n) is 11.6. The summed E-state index contributed by atoms with van der Waals surface area (Å²) in [7, 11) is -3.69. The highest BCUT2D eigenvalue weighted by molar-refractivity contribution is 7.92. The molecule has 0 atom stereocenters. The molecule has 3 aliphatic rings. The standard InChI is InChI=1S/C28H38N4O6S/c1-27(2,18-34)30-23-16-20(15-19-5-13-38-25(19)23)26(35)29-22-4-3-21(31-39(36,37)14-12-33)17-24(22)32-10-8-28(6-7-28)9-11-32/h3-4,15-17,30-31,33-34H,5-14,18H2,1-2H3,(H,29,35). The Balaban J connectivity index is 1.43. The van der Waals surface area contributed by atoms with Gasteiger partial charge < -0.3 is 30.5 Å². The number of ether oxygens (including phenoxy) is 1. The smallest absolute Gasteiger partial charge is 0.255 e. The van der Waals surface area contributed by atoms with Crippen molar-refractivity contribution in [1.82, 2.24) is 0 Å². The minimum Gasteiger partial charge on any atom is -0.491 e. The van der Waals surface area contributed by atoms with Gasteiger partial charge in [0.25, 0.3) is 5.91 Å². The van der Waals surface area contributed by atoms with Gasteiger partial charge in [0.1, 0.15) is 5.75 Å². The number of sulfonamides is 1. The molecular weight excluding hydrogens is 520 g/mol. The molecule has 10 nitrogen and oxygen atoms in total. The molecule has 0 bridgehead atoms. The van der Waals surface area contributed by atoms with Gasteiger partial charge in [-0.05, 0) is 75.3 Å². The van der Waals surface area contributed by atoms with Gasteiger partial charge in [0.2, 0.25) is 10.0 Å². The number of carbonyl (C=O) groups excluding carboxylic acids is 1. The van der Waals surface area contributed by atoms with Crippen LogP contribution in [0.5, 0.6) is 5.75 Å². The lowest BCUT2D eigenvalue weighted by molar-refractivity contribution is 0.102. The molecule has 1 aliphatic carbocycles. The zero-order chi connectivity index (χ0) is 27.8. The quantitative estimate of drug-likeness (QED) is 0.300. The fraction of sp³-hybridized carbons (Fsp3) is 0.536. The van der Waals surface area contributed by atoms with Crippen molar-refractivity contribution in [1.29, 1.82) is 0 Å². The summed E-state index contributed by atoms with van der Waals surface area (Å²) in [5.74, 6) is 0.0224. The van der Waals surface area contributed by atoms with Crippen molar-refractivity contribution in [2.24, 2.45) is 5.41 Å². The molecule has 2 fully saturated rings. The van der Waals surface area contributed by atoms with Gasteiger partial charge in [0.05, 0.1) is 53.9 Å². The molecule has 39 heavy (non-hydrogen) atoms. The van der Waals surface area contributed by atoms with Crippen molar-refractivity contribution in [3.63, 3.8) is 0 Å². The lowest BCUT2D eigenvalue weighted by Crippen LogP contribution is -2.35. The van der Waals surface area contributed by atoms with Crippen LogP contribution in [0.2, 0.25) is 0 Å². The molecule has 1 spiro atoms. The van der Waals surface area contributed by atoms with Crippen molar-refractivity contribution in [3.8, 4) is 5.75 Å². The van der Waals surface area contributed by atoms with Crippen LogP contribution in [0.25, 0.3) is 0 Å². The summed E-state index contributed by atoms with van der Waals surface area (Å²) in [4.78, 5) is 15.8. The Morgan fingerprint density at radius 3 is 2.49 bits per heavy atom. The predicted octanol–water partition coefficient (Wildman–Crippen LogP) is 3.17. The maximum Gasteiger partial charge on any atom is 0.255 e. The van der Waals surface area contributed by atoms with Crippen LogP contribution in [-0.4, -0.2) is 68.7 Å². The van der Waals surface area contributed by atoms with Crippen LogP contribution in [0.15, 0.2) is 30.3 Å². The van der Waals surface area contributed by atoms with Crippen molar-refractivity contribution in [2.75, 3.05) is 58.9 Å². The first-order valence-electron chi connectivity index (χ1n) is 13.5. The summed E-state index contributed by atoms with van der Waals surface area (Å²) in [6.45, 7) is 5.37. The summed E-state index contributed by atoms with van der Waals surface area (Å²) in [5, 5.41) is 25.2. The van der Waals surface area contributed by atoms with E-state index in [-0.39, 0.29) is 12.5 Å². The number of aliphatic hydroxyl groups is 2. The molecule has 2 aromatic rings. The van der Waals surface area contributed by atoms with Gasteiger partial charge in [-0.1, -0.05) is 0 Å². The minimum absolute atomic E-state index is 0.0902. The van der Waals surface area contributed by atoms with Crippen molar-refractivity contribution < 1.29 is 28.2 Å². The number of nitrogens with one attached hydrogen (secondary N) is 3. The SMILES string of the molecule is CC(C)(CO)Nc1cc(C(=O)Nc2ccc(NS(=O)(=O)CCO)cc2N2CCC3(CC2)CC3)cc2c1OCC2. The van der Waals surface area contributed by atoms with Gasteiger partial charge >= 0.3 is 0 Å². The summed E-state index contributed by atoms with van der Waals surface area (Å²) < 4.78 is 32.9. The van der Waals surface area contributed by atoms with E-state index < -0.39 is 27.9 Å². The zero-order valence-electron chi connectivity index (χ0n) is 22.5. The molecule has 212 valence electrons. The van der Waals surface area contributed by atoms with E-state index in [4.69, 9.17) is 9.84 Å². The van der Waals surface area contributed by atoms with E-state index in [1.807, 2.05) is 19.9 Å². The number of fused-ring (bicyclic) bond motifs is 1. The van der Waals surface area contributed by atoms with Crippen molar-refractivity contribution in [3.05, 3.63) is 41.5 Å². The van der Waals surface area contributed by atoms with Crippen LogP contribution in [0, 0.1) is 5.41 Å². The summed E-state index contributed by atoms with van der Waals surface area (Å²) in [6, 6.07) is 8.67. The van der Waals surface area contributed by atoms with Crippen molar-refractivity contribution in [2.45, 2.75) is 51.5 Å². The van der Waals surface area contributed by atoms with E-state index in [1.54, 1.807) is 24.3 Å². The monoisotopic (exact) mass is 558 g/mol. The molecule has 2 aliphatic heterocycles. The van der Waals surface area contributed by atoms with Gasteiger partial charge in [-0.3, -0.25) is 9.52 Å². The molecule has 1 amide bonds. The highest BCUT2D eigenvalue weighted by Gasteiger charge is 2.44. The van der Waals surface area contributed by atoms with Crippen LogP contribution < -0.4 is 25.0 Å². The van der Waals surface area contributed by atoms with E-state index in [2.05, 4.69) is 20.3 Å². The first-order chi connectivity index (χ1) is 18.5. The van der Waals surface area contributed by atoms with Gasteiger partial charge in [-0.15, -0.1) is 0 Å². The summed E-state index contributed by atoms with van der Waals surface area (Å²) in [5.41, 5.74) is 3.64. The molecule has 0 aromatic heterocycles. The number of aliphatic hydroxyl groups excluding tert-OH is 2. The highest BCUT2D eigenvalue weighted by Crippen LogP contribution is 2.54. The Morgan fingerprint density at radius 2 is 1.82 bits per heavy atom. The molecule has 5 N–H and O–H groups in total. The number of hydrogen-bond donors (Lipinski definition) is 5. The second kappa shape index (κ2) is 10.5. The Hall–Kier alpha value is -3.02. The van der Waals surface area contributed by atoms with Crippen LogP contribution in [0.3, 0.4) is 0 Å². The molecule has 0 unspecified atom stereocenters. The van der Waals surface area contributed by atoms with Crippen LogP contribution in [0.1, 0.15) is 55.5 Å². The Kier molecular flexibility index (Phi) is 7.43. The van der Waals surface area contributed by atoms with Gasteiger partial charge in [-0.2, -0.15) is 0 Å². The zero-order valence-corrected chi connectivity index (χ0v) is 23.4. The van der Waals surface area contributed by atoms with Gasteiger partial charge in [0.15, 0.2) is 0 Å². The third-order valence-corrected chi connectivity index (χ3v) is 9.18. The van der Waals surface area contributed by atoms with E-state index >= 15 is 0 Å². The fourth-order valence-corrected chi connectivity index (χ4v) is 6.17. The maximum atomic E-state index is 13.6. The molecular formula is C28H38N4O6S. The first kappa shape index (κ1) is 27.5. The normalized spacial score (nSPS) is 17.9. The number of nitrogens with zero attached hydrogens (tertiary/aromatic N) is 1. The molecule has 1 saturated heterocycles. The summed E-state index contributed by atoms with van der Waals surface area (Å²) >= 11 is 0. The van der Waals surface area contributed by atoms with Crippen LogP contribution >= 0.6 is 0 Å².